The van der Waals surface area contributed by atoms with Gasteiger partial charge in [-0.1, -0.05) is 63.6 Å². The Balaban J connectivity index is 2.03. The van der Waals surface area contributed by atoms with Crippen molar-refractivity contribution in [1.29, 1.82) is 0 Å². The van der Waals surface area contributed by atoms with Gasteiger partial charge in [0, 0.05) is 20.3 Å². The smallest absolute Gasteiger partial charge is 0.0890 e. The summed E-state index contributed by atoms with van der Waals surface area (Å²) >= 11 is 7.05. The Labute approximate surface area is 172 Å². The molecule has 1 unspecified atom stereocenters. The summed E-state index contributed by atoms with van der Waals surface area (Å²) in [7, 11) is 0. The van der Waals surface area contributed by atoms with E-state index in [1.165, 1.54) is 5.57 Å². The maximum Gasteiger partial charge on any atom is 0.0890 e. The number of anilines is 2. The van der Waals surface area contributed by atoms with Gasteiger partial charge in [-0.15, -0.1) is 0 Å². The molecule has 0 heterocycles. The Morgan fingerprint density at radius 2 is 1.42 bits per heavy atom. The molecule has 1 aliphatic rings. The average molecular weight is 471 g/mol. The highest BCUT2D eigenvalue weighted by molar-refractivity contribution is 9.10. The lowest BCUT2D eigenvalue weighted by molar-refractivity contribution is 0.670. The van der Waals surface area contributed by atoms with E-state index in [-0.39, 0.29) is 0 Å². The second-order valence-electron chi connectivity index (χ2n) is 6.29. The molecular weight excluding hydrogens is 450 g/mol. The van der Waals surface area contributed by atoms with Crippen LogP contribution in [0.3, 0.4) is 0 Å². The summed E-state index contributed by atoms with van der Waals surface area (Å²) in [4.78, 5) is 2.22. The molecule has 1 nitrogen and oxygen atoms in total. The molecule has 0 radical (unpaired) electrons. The highest BCUT2D eigenvalue weighted by Crippen LogP contribution is 2.33. The summed E-state index contributed by atoms with van der Waals surface area (Å²) in [6.07, 6.45) is 9.69. The molecule has 0 aromatic heterocycles. The first-order chi connectivity index (χ1) is 12.6. The maximum atomic E-state index is 3.52. The minimum absolute atomic E-state index is 0.539. The van der Waals surface area contributed by atoms with Gasteiger partial charge in [-0.3, -0.25) is 0 Å². The van der Waals surface area contributed by atoms with Crippen LogP contribution in [0.15, 0.2) is 98.8 Å². The van der Waals surface area contributed by atoms with Crippen LogP contribution in [0, 0.1) is 5.92 Å². The lowest BCUT2D eigenvalue weighted by Crippen LogP contribution is -2.14. The van der Waals surface area contributed by atoms with Crippen LogP contribution in [0.4, 0.5) is 11.4 Å². The molecule has 1 aliphatic carbocycles. The Morgan fingerprint density at radius 3 is 1.92 bits per heavy atom. The van der Waals surface area contributed by atoms with Crippen molar-refractivity contribution in [2.24, 2.45) is 5.92 Å². The number of benzene rings is 2. The molecular formula is C23H21Br2N. The fourth-order valence-corrected chi connectivity index (χ4v) is 3.34. The van der Waals surface area contributed by atoms with Gasteiger partial charge in [-0.25, -0.2) is 0 Å². The van der Waals surface area contributed by atoms with Crippen molar-refractivity contribution in [2.45, 2.75) is 20.3 Å². The zero-order valence-electron chi connectivity index (χ0n) is 14.9. The van der Waals surface area contributed by atoms with Crippen LogP contribution in [0.25, 0.3) is 0 Å². The predicted molar refractivity (Wildman–Crippen MR) is 119 cm³/mol. The molecule has 0 saturated carbocycles. The highest BCUT2D eigenvalue weighted by Gasteiger charge is 2.14. The third-order valence-electron chi connectivity index (χ3n) is 4.53. The Morgan fingerprint density at radius 1 is 0.885 bits per heavy atom. The standard InChI is InChI=1S/C23H21Br2N/c1-3-17(2)18-5-4-6-21(12-7-18)26(22-13-8-19(24)9-14-22)23-15-10-20(25)11-16-23/h4-5,7-17H,3H2,1-2H3. The quantitative estimate of drug-likeness (QED) is 0.401. The SMILES string of the molecule is CCC(C)C1=CC=C=C(N(c2ccc(Br)cc2)c2ccc(Br)cc2)C=C1. The van der Waals surface area contributed by atoms with Gasteiger partial charge in [0.05, 0.1) is 5.70 Å². The average Bonchev–Trinajstić information content (AvgIpc) is 2.90. The minimum atomic E-state index is 0.539. The molecule has 3 heteroatoms. The summed E-state index contributed by atoms with van der Waals surface area (Å²) in [6.45, 7) is 4.48. The van der Waals surface area contributed by atoms with Crippen LogP contribution >= 0.6 is 31.9 Å². The number of hydrogen-bond donors (Lipinski definition) is 0. The van der Waals surface area contributed by atoms with Crippen molar-refractivity contribution in [3.05, 3.63) is 98.8 Å². The van der Waals surface area contributed by atoms with Gasteiger partial charge in [0.1, 0.15) is 0 Å². The fourth-order valence-electron chi connectivity index (χ4n) is 2.81. The van der Waals surface area contributed by atoms with Crippen LogP contribution in [-0.2, 0) is 0 Å². The molecule has 26 heavy (non-hydrogen) atoms. The Hall–Kier alpha value is -1.80. The zero-order chi connectivity index (χ0) is 18.5. The first-order valence-corrected chi connectivity index (χ1v) is 10.3. The van der Waals surface area contributed by atoms with Gasteiger partial charge < -0.3 is 4.90 Å². The molecule has 1 atom stereocenters. The molecule has 0 aliphatic heterocycles. The van der Waals surface area contributed by atoms with Crippen molar-refractivity contribution in [3.63, 3.8) is 0 Å². The minimum Gasteiger partial charge on any atom is -0.304 e. The first kappa shape index (κ1) is 19.0. The number of rotatable bonds is 5. The second-order valence-corrected chi connectivity index (χ2v) is 8.13. The molecule has 2 aromatic rings. The number of hydrogen-bond acceptors (Lipinski definition) is 1. The normalized spacial score (nSPS) is 14.5. The predicted octanol–water partition coefficient (Wildman–Crippen LogP) is 7.93. The molecule has 0 saturated heterocycles. The highest BCUT2D eigenvalue weighted by atomic mass is 79.9. The molecule has 0 N–H and O–H groups in total. The van der Waals surface area contributed by atoms with E-state index in [0.29, 0.717) is 5.92 Å². The van der Waals surface area contributed by atoms with Crippen LogP contribution in [0.1, 0.15) is 20.3 Å². The molecule has 0 bridgehead atoms. The third kappa shape index (κ3) is 4.48. The topological polar surface area (TPSA) is 3.24 Å². The molecule has 0 fully saturated rings. The van der Waals surface area contributed by atoms with E-state index in [9.17, 15) is 0 Å². The largest absolute Gasteiger partial charge is 0.304 e. The number of nitrogens with zero attached hydrogens (tertiary/aromatic N) is 1. The van der Waals surface area contributed by atoms with E-state index in [4.69, 9.17) is 0 Å². The van der Waals surface area contributed by atoms with Crippen molar-refractivity contribution < 1.29 is 0 Å². The van der Waals surface area contributed by atoms with Crippen LogP contribution in [0.2, 0.25) is 0 Å². The monoisotopic (exact) mass is 469 g/mol. The second kappa shape index (κ2) is 8.73. The summed E-state index contributed by atoms with van der Waals surface area (Å²) < 4.78 is 2.14. The summed E-state index contributed by atoms with van der Waals surface area (Å²) in [5.41, 5.74) is 8.00. The van der Waals surface area contributed by atoms with E-state index in [1.54, 1.807) is 0 Å². The fraction of sp³-hybridized carbons (Fsp3) is 0.174. The maximum absolute atomic E-state index is 3.52. The lowest BCUT2D eigenvalue weighted by Gasteiger charge is -2.25. The zero-order valence-corrected chi connectivity index (χ0v) is 18.1. The van der Waals surface area contributed by atoms with E-state index in [2.05, 4.69) is 123 Å². The first-order valence-electron chi connectivity index (χ1n) is 8.74. The van der Waals surface area contributed by atoms with E-state index in [0.717, 1.165) is 32.4 Å². The molecule has 0 spiro atoms. The van der Waals surface area contributed by atoms with Crippen LogP contribution in [-0.4, -0.2) is 0 Å². The number of allylic oxidation sites excluding steroid dienone is 4. The van der Waals surface area contributed by atoms with Gasteiger partial charge in [-0.05, 0) is 78.6 Å². The Bertz CT molecular complexity index is 837. The molecule has 2 aromatic carbocycles. The number of halogens is 2. The van der Waals surface area contributed by atoms with Crippen LogP contribution < -0.4 is 4.90 Å². The third-order valence-corrected chi connectivity index (χ3v) is 5.59. The summed E-state index contributed by atoms with van der Waals surface area (Å²) in [5.74, 6) is 0.539. The van der Waals surface area contributed by atoms with Crippen molar-refractivity contribution in [1.82, 2.24) is 0 Å². The molecule has 132 valence electrons. The van der Waals surface area contributed by atoms with Gasteiger partial charge in [0.25, 0.3) is 0 Å². The van der Waals surface area contributed by atoms with Crippen molar-refractivity contribution in [2.75, 3.05) is 4.90 Å². The van der Waals surface area contributed by atoms with Crippen molar-refractivity contribution >= 4 is 43.2 Å². The Kier molecular flexibility index (Phi) is 6.37. The lowest BCUT2D eigenvalue weighted by atomic mass is 9.98. The molecule has 0 amide bonds. The summed E-state index contributed by atoms with van der Waals surface area (Å²) in [6, 6.07) is 16.7. The van der Waals surface area contributed by atoms with E-state index in [1.807, 2.05) is 6.08 Å². The summed E-state index contributed by atoms with van der Waals surface area (Å²) in [5, 5.41) is 0. The van der Waals surface area contributed by atoms with Crippen molar-refractivity contribution in [3.8, 4) is 0 Å². The van der Waals surface area contributed by atoms with E-state index >= 15 is 0 Å². The van der Waals surface area contributed by atoms with Gasteiger partial charge in [-0.2, -0.15) is 0 Å². The van der Waals surface area contributed by atoms with Gasteiger partial charge in [0.2, 0.25) is 0 Å². The van der Waals surface area contributed by atoms with E-state index < -0.39 is 0 Å². The molecule has 3 rings (SSSR count). The van der Waals surface area contributed by atoms with Gasteiger partial charge >= 0.3 is 0 Å². The van der Waals surface area contributed by atoms with Gasteiger partial charge in [0.15, 0.2) is 0 Å². The van der Waals surface area contributed by atoms with Crippen LogP contribution in [0.5, 0.6) is 0 Å².